The number of benzene rings is 2. The van der Waals surface area contributed by atoms with Gasteiger partial charge in [-0.05, 0) is 58.0 Å². The van der Waals surface area contributed by atoms with Crippen LogP contribution in [0.25, 0.3) is 0 Å². The van der Waals surface area contributed by atoms with Gasteiger partial charge in [0.2, 0.25) is 0 Å². The van der Waals surface area contributed by atoms with Gasteiger partial charge in [0, 0.05) is 15.6 Å². The molecule has 0 bridgehead atoms. The monoisotopic (exact) mass is 379 g/mol. The van der Waals surface area contributed by atoms with Crippen molar-refractivity contribution >= 4 is 28.5 Å². The third-order valence-electron chi connectivity index (χ3n) is 3.60. The number of hydrogen-bond donors (Lipinski definition) is 2. The number of aliphatic hydroxyl groups excluding tert-OH is 1. The topological polar surface area (TPSA) is 49.3 Å². The molecule has 2 aromatic carbocycles. The van der Waals surface area contributed by atoms with E-state index in [0.29, 0.717) is 12.0 Å². The number of rotatable bonds is 2. The quantitative estimate of drug-likeness (QED) is 0.789. The van der Waals surface area contributed by atoms with Crippen molar-refractivity contribution in [3.8, 4) is 0 Å². The van der Waals surface area contributed by atoms with Crippen molar-refractivity contribution in [3.05, 3.63) is 68.8 Å². The highest BCUT2D eigenvalue weighted by Crippen LogP contribution is 2.31. The highest BCUT2D eigenvalue weighted by atomic mass is 127. The van der Waals surface area contributed by atoms with Gasteiger partial charge in [-0.15, -0.1) is 0 Å². The first kappa shape index (κ1) is 13.6. The summed E-state index contributed by atoms with van der Waals surface area (Å²) in [5.74, 6) is -0.151. The first-order valence-corrected chi connectivity index (χ1v) is 7.55. The van der Waals surface area contributed by atoms with Crippen molar-refractivity contribution < 1.29 is 9.90 Å². The Balaban J connectivity index is 1.81. The molecule has 0 saturated heterocycles. The summed E-state index contributed by atoms with van der Waals surface area (Å²) in [6.07, 6.45) is 0.0357. The fourth-order valence-corrected chi connectivity index (χ4v) is 2.93. The van der Waals surface area contributed by atoms with E-state index in [0.717, 1.165) is 14.7 Å². The van der Waals surface area contributed by atoms with Crippen LogP contribution in [-0.2, 0) is 6.42 Å². The molecule has 2 atom stereocenters. The average molecular weight is 379 g/mol. The largest absolute Gasteiger partial charge is 0.390 e. The lowest BCUT2D eigenvalue weighted by molar-refractivity contribution is 0.0858. The molecule has 0 aliphatic heterocycles. The zero-order valence-corrected chi connectivity index (χ0v) is 12.9. The van der Waals surface area contributed by atoms with Crippen molar-refractivity contribution in [1.82, 2.24) is 5.32 Å². The molecule has 0 fully saturated rings. The standard InChI is InChI=1S/C16H14INO2/c17-12-7-5-10(6-8-12)16(20)18-15-13-4-2-1-3-11(13)9-14(15)19/h1-8,14-15,19H,9H2,(H,18,20)/t14-,15+/m1/s1. The molecular formula is C16H14INO2. The number of amides is 1. The number of hydrogen-bond acceptors (Lipinski definition) is 2. The normalized spacial score (nSPS) is 20.5. The Labute approximate surface area is 131 Å². The van der Waals surface area contributed by atoms with Crippen LogP contribution in [0.5, 0.6) is 0 Å². The Kier molecular flexibility index (Phi) is 3.76. The smallest absolute Gasteiger partial charge is 0.251 e. The Morgan fingerprint density at radius 1 is 1.15 bits per heavy atom. The summed E-state index contributed by atoms with van der Waals surface area (Å²) in [5, 5.41) is 13.1. The van der Waals surface area contributed by atoms with E-state index in [2.05, 4.69) is 27.9 Å². The lowest BCUT2D eigenvalue weighted by Crippen LogP contribution is -2.33. The minimum absolute atomic E-state index is 0.151. The highest BCUT2D eigenvalue weighted by Gasteiger charge is 2.31. The summed E-state index contributed by atoms with van der Waals surface area (Å²) in [6.45, 7) is 0. The minimum atomic E-state index is -0.555. The molecular weight excluding hydrogens is 365 g/mol. The van der Waals surface area contributed by atoms with Crippen LogP contribution in [0.4, 0.5) is 0 Å². The second kappa shape index (κ2) is 5.54. The average Bonchev–Trinajstić information content (AvgIpc) is 2.76. The third kappa shape index (κ3) is 2.58. The maximum Gasteiger partial charge on any atom is 0.251 e. The lowest BCUT2D eigenvalue weighted by Gasteiger charge is -2.18. The number of carbonyl (C=O) groups excluding carboxylic acids is 1. The predicted molar refractivity (Wildman–Crippen MR) is 85.5 cm³/mol. The van der Waals surface area contributed by atoms with Gasteiger partial charge in [0.25, 0.3) is 5.91 Å². The van der Waals surface area contributed by atoms with Gasteiger partial charge in [0.05, 0.1) is 12.1 Å². The van der Waals surface area contributed by atoms with E-state index in [-0.39, 0.29) is 11.9 Å². The van der Waals surface area contributed by atoms with Crippen LogP contribution < -0.4 is 5.32 Å². The molecule has 2 N–H and O–H groups in total. The molecule has 3 nitrogen and oxygen atoms in total. The number of carbonyl (C=O) groups is 1. The van der Waals surface area contributed by atoms with Crippen molar-refractivity contribution in [2.75, 3.05) is 0 Å². The summed E-state index contributed by atoms with van der Waals surface area (Å²) in [5.41, 5.74) is 2.73. The summed E-state index contributed by atoms with van der Waals surface area (Å²) in [7, 11) is 0. The van der Waals surface area contributed by atoms with E-state index in [1.807, 2.05) is 36.4 Å². The molecule has 0 spiro atoms. The van der Waals surface area contributed by atoms with Crippen molar-refractivity contribution in [2.45, 2.75) is 18.6 Å². The fourth-order valence-electron chi connectivity index (χ4n) is 2.57. The maximum atomic E-state index is 12.2. The van der Waals surface area contributed by atoms with Crippen LogP contribution in [0.3, 0.4) is 0 Å². The molecule has 20 heavy (non-hydrogen) atoms. The molecule has 2 aromatic rings. The van der Waals surface area contributed by atoms with Crippen molar-refractivity contribution in [1.29, 1.82) is 0 Å². The van der Waals surface area contributed by atoms with E-state index in [4.69, 9.17) is 0 Å². The van der Waals surface area contributed by atoms with Gasteiger partial charge >= 0.3 is 0 Å². The van der Waals surface area contributed by atoms with Crippen LogP contribution in [-0.4, -0.2) is 17.1 Å². The van der Waals surface area contributed by atoms with Gasteiger partial charge in [0.15, 0.2) is 0 Å². The number of halogens is 1. The molecule has 1 aliphatic carbocycles. The molecule has 0 unspecified atom stereocenters. The Hall–Kier alpha value is -1.40. The summed E-state index contributed by atoms with van der Waals surface area (Å²) in [4.78, 5) is 12.2. The predicted octanol–water partition coefficient (Wildman–Crippen LogP) is 2.68. The zero-order chi connectivity index (χ0) is 14.1. The van der Waals surface area contributed by atoms with Crippen molar-refractivity contribution in [2.24, 2.45) is 0 Å². The Morgan fingerprint density at radius 2 is 1.85 bits per heavy atom. The summed E-state index contributed by atoms with van der Waals surface area (Å²) < 4.78 is 1.09. The van der Waals surface area contributed by atoms with Crippen LogP contribution in [0, 0.1) is 3.57 Å². The van der Waals surface area contributed by atoms with E-state index in [1.54, 1.807) is 12.1 Å². The molecule has 0 saturated carbocycles. The molecule has 102 valence electrons. The molecule has 1 aliphatic rings. The highest BCUT2D eigenvalue weighted by molar-refractivity contribution is 14.1. The molecule has 0 heterocycles. The summed E-state index contributed by atoms with van der Waals surface area (Å²) >= 11 is 2.20. The van der Waals surface area contributed by atoms with Crippen LogP contribution in [0.15, 0.2) is 48.5 Å². The molecule has 0 radical (unpaired) electrons. The Morgan fingerprint density at radius 3 is 2.60 bits per heavy atom. The van der Waals surface area contributed by atoms with Gasteiger partial charge in [-0.3, -0.25) is 4.79 Å². The van der Waals surface area contributed by atoms with Crippen molar-refractivity contribution in [3.63, 3.8) is 0 Å². The number of nitrogens with one attached hydrogen (secondary N) is 1. The van der Waals surface area contributed by atoms with Crippen LogP contribution >= 0.6 is 22.6 Å². The second-order valence-electron chi connectivity index (χ2n) is 4.93. The second-order valence-corrected chi connectivity index (χ2v) is 6.17. The number of fused-ring (bicyclic) bond motifs is 1. The van der Waals surface area contributed by atoms with Gasteiger partial charge in [-0.1, -0.05) is 24.3 Å². The molecule has 4 heteroatoms. The van der Waals surface area contributed by atoms with E-state index < -0.39 is 6.10 Å². The van der Waals surface area contributed by atoms with Gasteiger partial charge < -0.3 is 10.4 Å². The first-order valence-electron chi connectivity index (χ1n) is 6.47. The number of aliphatic hydroxyl groups is 1. The SMILES string of the molecule is O=C(N[C@H]1c2ccccc2C[C@H]1O)c1ccc(I)cc1. The third-order valence-corrected chi connectivity index (χ3v) is 4.32. The fraction of sp³-hybridized carbons (Fsp3) is 0.188. The minimum Gasteiger partial charge on any atom is -0.390 e. The van der Waals surface area contributed by atoms with Crippen LogP contribution in [0.2, 0.25) is 0 Å². The Bertz CT molecular complexity index is 639. The van der Waals surface area contributed by atoms with E-state index >= 15 is 0 Å². The van der Waals surface area contributed by atoms with E-state index in [1.165, 1.54) is 0 Å². The van der Waals surface area contributed by atoms with Gasteiger partial charge in [-0.25, -0.2) is 0 Å². The van der Waals surface area contributed by atoms with Gasteiger partial charge in [0.1, 0.15) is 0 Å². The van der Waals surface area contributed by atoms with Gasteiger partial charge in [-0.2, -0.15) is 0 Å². The molecule has 1 amide bonds. The van der Waals surface area contributed by atoms with E-state index in [9.17, 15) is 9.90 Å². The molecule has 0 aromatic heterocycles. The molecule has 3 rings (SSSR count). The van der Waals surface area contributed by atoms with Crippen LogP contribution in [0.1, 0.15) is 27.5 Å². The zero-order valence-electron chi connectivity index (χ0n) is 10.7. The first-order chi connectivity index (χ1) is 9.65. The lowest BCUT2D eigenvalue weighted by atomic mass is 10.1. The summed E-state index contributed by atoms with van der Waals surface area (Å²) in [6, 6.07) is 14.9. The maximum absolute atomic E-state index is 12.2.